The summed E-state index contributed by atoms with van der Waals surface area (Å²) < 4.78 is 36.2. The predicted octanol–water partition coefficient (Wildman–Crippen LogP) is 1.70. The molecule has 11 heteroatoms. The molecule has 6 rings (SSSR count). The zero-order valence-electron chi connectivity index (χ0n) is 22.2. The average molecular weight is 535 g/mol. The predicted molar refractivity (Wildman–Crippen MR) is 126 cm³/mol. The number of carboxylic acid groups (broad SMARTS) is 1. The Balaban J connectivity index is 1.38. The van der Waals surface area contributed by atoms with Crippen LogP contribution in [0, 0.1) is 17.3 Å². The number of hydrogen-bond donors (Lipinski definition) is 1. The summed E-state index contributed by atoms with van der Waals surface area (Å²) in [5.74, 6) is -2.70. The number of rotatable bonds is 8. The summed E-state index contributed by atoms with van der Waals surface area (Å²) in [5, 5.41) is 8.92. The molecule has 0 aromatic rings. The van der Waals surface area contributed by atoms with Gasteiger partial charge in [0.2, 0.25) is 0 Å². The molecule has 2 saturated carbocycles. The van der Waals surface area contributed by atoms with Gasteiger partial charge in [-0.1, -0.05) is 20.8 Å². The molecule has 9 atom stereocenters. The molecule has 0 amide bonds. The molecule has 1 N–H and O–H groups in total. The van der Waals surface area contributed by atoms with E-state index in [1.807, 2.05) is 0 Å². The normalized spacial score (nSPS) is 44.9. The van der Waals surface area contributed by atoms with E-state index in [0.717, 1.165) is 0 Å². The van der Waals surface area contributed by atoms with E-state index in [1.165, 1.54) is 13.8 Å². The van der Waals surface area contributed by atoms with Crippen molar-refractivity contribution in [1.29, 1.82) is 0 Å². The van der Waals surface area contributed by atoms with Gasteiger partial charge in [-0.15, -0.1) is 0 Å². The number of carboxylic acids is 1. The van der Waals surface area contributed by atoms with Crippen LogP contribution in [-0.2, 0) is 47.6 Å². The number of carbonyl (C=O) groups excluding carboxylic acids is 3. The Hall–Kier alpha value is -2.50. The second-order valence-electron chi connectivity index (χ2n) is 12.0. The van der Waals surface area contributed by atoms with Gasteiger partial charge in [0.1, 0.15) is 36.6 Å². The molecule has 3 aliphatic carbocycles. The van der Waals surface area contributed by atoms with E-state index in [4.69, 9.17) is 33.5 Å². The molecule has 38 heavy (non-hydrogen) atoms. The van der Waals surface area contributed by atoms with Gasteiger partial charge in [-0.05, 0) is 36.7 Å². The number of fused-ring (bicyclic) bond motifs is 3. The summed E-state index contributed by atoms with van der Waals surface area (Å²) in [7, 11) is 0. The van der Waals surface area contributed by atoms with E-state index in [9.17, 15) is 19.2 Å². The molecule has 5 fully saturated rings. The third-order valence-corrected chi connectivity index (χ3v) is 9.97. The molecule has 3 aliphatic heterocycles. The molecular formula is C27H34O11. The molecule has 208 valence electrons. The van der Waals surface area contributed by atoms with E-state index >= 15 is 0 Å². The van der Waals surface area contributed by atoms with Crippen LogP contribution < -0.4 is 0 Å². The first-order valence-corrected chi connectivity index (χ1v) is 13.3. The average Bonchev–Trinajstić information content (AvgIpc) is 3.70. The van der Waals surface area contributed by atoms with Crippen LogP contribution >= 0.6 is 0 Å². The zero-order chi connectivity index (χ0) is 27.4. The molecule has 0 unspecified atom stereocenters. The quantitative estimate of drug-likeness (QED) is 0.275. The van der Waals surface area contributed by atoms with Crippen LogP contribution in [0.1, 0.15) is 60.3 Å². The van der Waals surface area contributed by atoms with Crippen LogP contribution in [0.15, 0.2) is 11.1 Å². The van der Waals surface area contributed by atoms with E-state index in [0.29, 0.717) is 30.4 Å². The van der Waals surface area contributed by atoms with Crippen LogP contribution in [0.5, 0.6) is 0 Å². The van der Waals surface area contributed by atoms with Gasteiger partial charge in [0.15, 0.2) is 11.7 Å². The molecule has 3 heterocycles. The molecule has 0 aromatic carbocycles. The summed E-state index contributed by atoms with van der Waals surface area (Å²) in [5.41, 5.74) is -1.77. The molecule has 0 aromatic heterocycles. The maximum atomic E-state index is 13.1. The van der Waals surface area contributed by atoms with Crippen molar-refractivity contribution in [3.05, 3.63) is 11.1 Å². The first-order chi connectivity index (χ1) is 17.9. The Morgan fingerprint density at radius 2 is 1.79 bits per heavy atom. The van der Waals surface area contributed by atoms with E-state index in [-0.39, 0.29) is 49.8 Å². The Labute approximate surface area is 220 Å². The summed E-state index contributed by atoms with van der Waals surface area (Å²) in [4.78, 5) is 48.0. The number of carbonyl (C=O) groups is 4. The van der Waals surface area contributed by atoms with Gasteiger partial charge in [0, 0.05) is 24.8 Å². The second-order valence-corrected chi connectivity index (χ2v) is 12.0. The smallest absolute Gasteiger partial charge is 0.334 e. The highest BCUT2D eigenvalue weighted by Gasteiger charge is 3.01. The fourth-order valence-electron chi connectivity index (χ4n) is 8.28. The lowest BCUT2D eigenvalue weighted by Gasteiger charge is -2.54. The maximum Gasteiger partial charge on any atom is 0.334 e. The highest BCUT2D eigenvalue weighted by Crippen LogP contribution is 2.83. The number of esters is 3. The standard InChI is InChI=1S/C27H34O11/c1-12(2)25-20(37-25)21-27(38-21)24(5)8-6-15(22(32)33-9-7-19(30)31)16(11-34-13(3)28)17(24)10-18-26(27,36-18)23(25)35-14(4)29/h12,17-18,20-21,23H,6-11H2,1-5H3,(H,30,31)/t17-,18-,20-,21-,23+,24-,25-,26+,27+/m0/s1. The fraction of sp³-hybridized carbons (Fsp3) is 0.778. The van der Waals surface area contributed by atoms with Gasteiger partial charge in [-0.2, -0.15) is 0 Å². The molecule has 3 saturated heterocycles. The zero-order valence-corrected chi connectivity index (χ0v) is 22.2. The minimum Gasteiger partial charge on any atom is -0.481 e. The molecular weight excluding hydrogens is 500 g/mol. The Kier molecular flexibility index (Phi) is 5.43. The Bertz CT molecular complexity index is 1160. The van der Waals surface area contributed by atoms with Crippen molar-refractivity contribution >= 4 is 23.9 Å². The van der Waals surface area contributed by atoms with Gasteiger partial charge < -0.3 is 33.5 Å². The van der Waals surface area contributed by atoms with Gasteiger partial charge in [-0.3, -0.25) is 14.4 Å². The van der Waals surface area contributed by atoms with E-state index in [1.54, 1.807) is 0 Å². The molecule has 0 radical (unpaired) electrons. The van der Waals surface area contributed by atoms with E-state index in [2.05, 4.69) is 20.8 Å². The Morgan fingerprint density at radius 3 is 2.42 bits per heavy atom. The van der Waals surface area contributed by atoms with Gasteiger partial charge in [0.25, 0.3) is 0 Å². The number of hydrogen-bond acceptors (Lipinski definition) is 10. The lowest BCUT2D eigenvalue weighted by molar-refractivity contribution is -0.167. The highest BCUT2D eigenvalue weighted by atomic mass is 16.8. The van der Waals surface area contributed by atoms with Crippen LogP contribution in [-0.4, -0.2) is 83.4 Å². The first kappa shape index (κ1) is 25.8. The van der Waals surface area contributed by atoms with E-state index < -0.39 is 52.2 Å². The summed E-state index contributed by atoms with van der Waals surface area (Å²) >= 11 is 0. The van der Waals surface area contributed by atoms with Gasteiger partial charge >= 0.3 is 23.9 Å². The molecule has 6 aliphatic rings. The third-order valence-electron chi connectivity index (χ3n) is 9.97. The largest absolute Gasteiger partial charge is 0.481 e. The number of epoxide rings is 3. The van der Waals surface area contributed by atoms with Crippen molar-refractivity contribution in [2.75, 3.05) is 13.2 Å². The number of aliphatic carboxylic acids is 1. The van der Waals surface area contributed by atoms with Gasteiger partial charge in [0.05, 0.1) is 12.5 Å². The van der Waals surface area contributed by atoms with Crippen LogP contribution in [0.2, 0.25) is 0 Å². The lowest BCUT2D eigenvalue weighted by Crippen LogP contribution is -2.70. The summed E-state index contributed by atoms with van der Waals surface area (Å²) in [6.45, 7) is 8.59. The van der Waals surface area contributed by atoms with Crippen molar-refractivity contribution in [3.8, 4) is 0 Å². The fourth-order valence-corrected chi connectivity index (χ4v) is 8.28. The van der Waals surface area contributed by atoms with Crippen molar-refractivity contribution < 1.29 is 52.7 Å². The van der Waals surface area contributed by atoms with Crippen molar-refractivity contribution in [2.45, 2.75) is 102 Å². The molecule has 11 nitrogen and oxygen atoms in total. The van der Waals surface area contributed by atoms with Crippen molar-refractivity contribution in [2.24, 2.45) is 17.3 Å². The third kappa shape index (κ3) is 3.06. The van der Waals surface area contributed by atoms with Crippen molar-refractivity contribution in [3.63, 3.8) is 0 Å². The Morgan fingerprint density at radius 1 is 1.05 bits per heavy atom. The molecule has 2 spiro atoms. The first-order valence-electron chi connectivity index (χ1n) is 13.3. The highest BCUT2D eigenvalue weighted by molar-refractivity contribution is 5.90. The lowest BCUT2D eigenvalue weighted by atomic mass is 9.46. The topological polar surface area (TPSA) is 154 Å². The summed E-state index contributed by atoms with van der Waals surface area (Å²) in [6.07, 6.45) is -0.275. The summed E-state index contributed by atoms with van der Waals surface area (Å²) in [6, 6.07) is 0. The van der Waals surface area contributed by atoms with Crippen LogP contribution in [0.3, 0.4) is 0 Å². The minimum absolute atomic E-state index is 0.0711. The maximum absolute atomic E-state index is 13.1. The minimum atomic E-state index is -1.06. The van der Waals surface area contributed by atoms with Crippen molar-refractivity contribution in [1.82, 2.24) is 0 Å². The SMILES string of the molecule is CC(=O)OCC1=C(C(=O)OCCC(=O)O)CC[C@@]2(C)[C@H]1C[C@@H]1O[C@@]13[C@H](OC(C)=O)[C@@]1(C(C)C)O[C@H]1[C@@H]1O[C@@]132. The number of ether oxygens (including phenoxy) is 6. The van der Waals surface area contributed by atoms with Crippen LogP contribution in [0.4, 0.5) is 0 Å². The monoisotopic (exact) mass is 534 g/mol. The van der Waals surface area contributed by atoms with Crippen LogP contribution in [0.25, 0.3) is 0 Å². The van der Waals surface area contributed by atoms with Gasteiger partial charge in [-0.25, -0.2) is 4.79 Å². The second kappa shape index (κ2) is 8.02. The molecule has 0 bridgehead atoms.